The molecule has 3 nitrogen and oxygen atoms in total. The van der Waals surface area contributed by atoms with Gasteiger partial charge in [-0.25, -0.2) is 0 Å². The molecule has 0 radical (unpaired) electrons. The van der Waals surface area contributed by atoms with Crippen LogP contribution in [0.15, 0.2) is 42.5 Å². The monoisotopic (exact) mass is 278 g/mol. The van der Waals surface area contributed by atoms with Crippen LogP contribution in [-0.2, 0) is 19.6 Å². The fraction of sp³-hybridized carbons (Fsp3) is 0.222. The van der Waals surface area contributed by atoms with Crippen molar-refractivity contribution in [3.8, 4) is 11.1 Å². The smallest absolute Gasteiger partial charge is 0.0682 e. The third kappa shape index (κ3) is 2.15. The zero-order valence-corrected chi connectivity index (χ0v) is 11.8. The Kier molecular flexibility index (Phi) is 3.02. The van der Waals surface area contributed by atoms with E-state index in [4.69, 9.17) is 0 Å². The predicted molar refractivity (Wildman–Crippen MR) is 85.1 cm³/mol. The van der Waals surface area contributed by atoms with Crippen molar-refractivity contribution in [3.05, 3.63) is 59.3 Å². The Morgan fingerprint density at radius 2 is 1.95 bits per heavy atom. The molecule has 0 aliphatic carbocycles. The molecule has 1 aromatic heterocycles. The highest BCUT2D eigenvalue weighted by molar-refractivity contribution is 5.89. The summed E-state index contributed by atoms with van der Waals surface area (Å²) in [4.78, 5) is 3.54. The van der Waals surface area contributed by atoms with E-state index < -0.39 is 0 Å². The summed E-state index contributed by atoms with van der Waals surface area (Å²) in [6.45, 7) is 2.07. The van der Waals surface area contributed by atoms with Crippen molar-refractivity contribution >= 4 is 10.9 Å². The number of nitrogens with one attached hydrogen (secondary N) is 2. The van der Waals surface area contributed by atoms with Crippen LogP contribution in [0.3, 0.4) is 0 Å². The summed E-state index contributed by atoms with van der Waals surface area (Å²) in [6, 6.07) is 14.7. The van der Waals surface area contributed by atoms with Gasteiger partial charge in [-0.05, 0) is 40.5 Å². The summed E-state index contributed by atoms with van der Waals surface area (Å²) < 4.78 is 0. The molecule has 21 heavy (non-hydrogen) atoms. The molecule has 3 aromatic rings. The molecule has 1 aliphatic rings. The van der Waals surface area contributed by atoms with Gasteiger partial charge in [0.05, 0.1) is 6.61 Å². The van der Waals surface area contributed by atoms with Gasteiger partial charge in [0, 0.05) is 36.1 Å². The van der Waals surface area contributed by atoms with Crippen molar-refractivity contribution in [2.45, 2.75) is 19.6 Å². The van der Waals surface area contributed by atoms with Crippen LogP contribution in [0.2, 0.25) is 0 Å². The van der Waals surface area contributed by atoms with Crippen LogP contribution in [0.4, 0.5) is 0 Å². The number of aromatic nitrogens is 1. The van der Waals surface area contributed by atoms with E-state index >= 15 is 0 Å². The van der Waals surface area contributed by atoms with E-state index in [-0.39, 0.29) is 6.61 Å². The van der Waals surface area contributed by atoms with Crippen LogP contribution in [0, 0.1) is 0 Å². The Hall–Kier alpha value is -2.10. The van der Waals surface area contributed by atoms with Crippen LogP contribution in [0.5, 0.6) is 0 Å². The summed E-state index contributed by atoms with van der Waals surface area (Å²) in [5.41, 5.74) is 7.28. The van der Waals surface area contributed by atoms with Gasteiger partial charge in [0.15, 0.2) is 0 Å². The lowest BCUT2D eigenvalue weighted by Gasteiger charge is -2.12. The zero-order valence-electron chi connectivity index (χ0n) is 11.8. The molecule has 0 bridgehead atoms. The van der Waals surface area contributed by atoms with Crippen molar-refractivity contribution in [2.75, 3.05) is 6.54 Å². The largest absolute Gasteiger partial charge is 0.392 e. The Morgan fingerprint density at radius 3 is 2.86 bits per heavy atom. The minimum absolute atomic E-state index is 0.0829. The number of aromatic amines is 1. The molecule has 0 unspecified atom stereocenters. The van der Waals surface area contributed by atoms with Gasteiger partial charge in [-0.15, -0.1) is 0 Å². The standard InChI is InChI=1S/C18H18N2O/c21-11-12-2-1-3-13(8-12)14-4-5-17-15(9-14)16-10-19-7-6-18(16)20-17/h1-5,8-9,19-21H,6-7,10-11H2. The molecule has 4 rings (SSSR count). The van der Waals surface area contributed by atoms with Crippen molar-refractivity contribution in [1.82, 2.24) is 10.3 Å². The number of aliphatic hydroxyl groups excluding tert-OH is 1. The summed E-state index contributed by atoms with van der Waals surface area (Å²) in [5.74, 6) is 0. The second-order valence-electron chi connectivity index (χ2n) is 5.63. The van der Waals surface area contributed by atoms with E-state index in [0.29, 0.717) is 0 Å². The van der Waals surface area contributed by atoms with Gasteiger partial charge in [-0.2, -0.15) is 0 Å². The van der Waals surface area contributed by atoms with Crippen LogP contribution < -0.4 is 5.32 Å². The summed E-state index contributed by atoms with van der Waals surface area (Å²) in [7, 11) is 0. The quantitative estimate of drug-likeness (QED) is 0.675. The molecule has 0 fully saturated rings. The Bertz CT molecular complexity index is 804. The number of benzene rings is 2. The summed E-state index contributed by atoms with van der Waals surface area (Å²) in [5, 5.41) is 14.0. The molecule has 0 saturated heterocycles. The van der Waals surface area contributed by atoms with Crippen molar-refractivity contribution < 1.29 is 5.11 Å². The topological polar surface area (TPSA) is 48.0 Å². The number of rotatable bonds is 2. The first-order valence-electron chi connectivity index (χ1n) is 7.39. The van der Waals surface area contributed by atoms with Gasteiger partial charge >= 0.3 is 0 Å². The lowest BCUT2D eigenvalue weighted by molar-refractivity contribution is 0.282. The Balaban J connectivity index is 1.86. The number of hydrogen-bond acceptors (Lipinski definition) is 2. The number of H-pyrrole nitrogens is 1. The SMILES string of the molecule is OCc1cccc(-c2ccc3[nH]c4c(c3c2)CNCC4)c1. The van der Waals surface area contributed by atoms with Gasteiger partial charge in [-0.1, -0.05) is 24.3 Å². The van der Waals surface area contributed by atoms with E-state index in [2.05, 4.69) is 40.6 Å². The molecule has 106 valence electrons. The molecule has 0 atom stereocenters. The normalized spacial score (nSPS) is 14.3. The first kappa shape index (κ1) is 12.6. The van der Waals surface area contributed by atoms with Crippen LogP contribution in [0.25, 0.3) is 22.0 Å². The minimum atomic E-state index is 0.0829. The molecule has 2 heterocycles. The first-order chi connectivity index (χ1) is 10.3. The van der Waals surface area contributed by atoms with Crippen molar-refractivity contribution in [1.29, 1.82) is 0 Å². The lowest BCUT2D eigenvalue weighted by Crippen LogP contribution is -2.22. The van der Waals surface area contributed by atoms with Crippen molar-refractivity contribution in [3.63, 3.8) is 0 Å². The summed E-state index contributed by atoms with van der Waals surface area (Å²) >= 11 is 0. The fourth-order valence-electron chi connectivity index (χ4n) is 3.17. The van der Waals surface area contributed by atoms with E-state index in [1.54, 1.807) is 0 Å². The molecule has 3 N–H and O–H groups in total. The molecular formula is C18H18N2O. The van der Waals surface area contributed by atoms with Gasteiger partial charge in [0.1, 0.15) is 0 Å². The van der Waals surface area contributed by atoms with Gasteiger partial charge < -0.3 is 15.4 Å². The molecule has 1 aliphatic heterocycles. The van der Waals surface area contributed by atoms with E-state index in [1.165, 1.54) is 27.7 Å². The zero-order chi connectivity index (χ0) is 14.2. The minimum Gasteiger partial charge on any atom is -0.392 e. The second kappa shape index (κ2) is 5.02. The maximum Gasteiger partial charge on any atom is 0.0682 e. The third-order valence-corrected chi connectivity index (χ3v) is 4.29. The highest BCUT2D eigenvalue weighted by atomic mass is 16.3. The van der Waals surface area contributed by atoms with Gasteiger partial charge in [0.2, 0.25) is 0 Å². The third-order valence-electron chi connectivity index (χ3n) is 4.29. The molecule has 0 saturated carbocycles. The maximum atomic E-state index is 9.29. The highest BCUT2D eigenvalue weighted by Crippen LogP contribution is 2.30. The molecular weight excluding hydrogens is 260 g/mol. The lowest BCUT2D eigenvalue weighted by atomic mass is 9.99. The van der Waals surface area contributed by atoms with E-state index in [9.17, 15) is 5.11 Å². The Labute approximate surface area is 123 Å². The summed E-state index contributed by atoms with van der Waals surface area (Å²) in [6.07, 6.45) is 1.07. The number of fused-ring (bicyclic) bond motifs is 3. The van der Waals surface area contributed by atoms with Crippen LogP contribution in [0.1, 0.15) is 16.8 Å². The fourth-order valence-corrected chi connectivity index (χ4v) is 3.17. The van der Waals surface area contributed by atoms with Gasteiger partial charge in [-0.3, -0.25) is 0 Å². The van der Waals surface area contributed by atoms with Gasteiger partial charge in [0.25, 0.3) is 0 Å². The second-order valence-corrected chi connectivity index (χ2v) is 5.63. The molecule has 3 heteroatoms. The molecule has 0 amide bonds. The number of aliphatic hydroxyl groups is 1. The maximum absolute atomic E-state index is 9.29. The average molecular weight is 278 g/mol. The number of hydrogen-bond donors (Lipinski definition) is 3. The van der Waals surface area contributed by atoms with Crippen molar-refractivity contribution in [2.24, 2.45) is 0 Å². The molecule has 2 aromatic carbocycles. The van der Waals surface area contributed by atoms with Crippen LogP contribution in [-0.4, -0.2) is 16.6 Å². The average Bonchev–Trinajstić information content (AvgIpc) is 2.92. The first-order valence-corrected chi connectivity index (χ1v) is 7.39. The van der Waals surface area contributed by atoms with E-state index in [0.717, 1.165) is 30.6 Å². The van der Waals surface area contributed by atoms with E-state index in [1.807, 2.05) is 12.1 Å². The highest BCUT2D eigenvalue weighted by Gasteiger charge is 2.15. The van der Waals surface area contributed by atoms with Crippen LogP contribution >= 0.6 is 0 Å². The Morgan fingerprint density at radius 1 is 1.05 bits per heavy atom. The predicted octanol–water partition coefficient (Wildman–Crippen LogP) is 2.97. The molecule has 0 spiro atoms.